The minimum atomic E-state index is -4.07. The molecular weight excluding hydrogens is 345 g/mol. The summed E-state index contributed by atoms with van der Waals surface area (Å²) in [6.07, 6.45) is -0.366. The lowest BCUT2D eigenvalue weighted by atomic mass is 9.98. The van der Waals surface area contributed by atoms with Crippen LogP contribution in [-0.4, -0.2) is 59.6 Å². The molecule has 134 valence electrons. The van der Waals surface area contributed by atoms with Crippen molar-refractivity contribution in [3.8, 4) is 0 Å². The molecule has 0 radical (unpaired) electrons. The summed E-state index contributed by atoms with van der Waals surface area (Å²) in [5.74, 6) is 0. The first kappa shape index (κ1) is 17.5. The van der Waals surface area contributed by atoms with Gasteiger partial charge in [0.05, 0.1) is 19.3 Å². The second-order valence-electron chi connectivity index (χ2n) is 5.61. The Bertz CT molecular complexity index is 778. The number of ether oxygens (including phenoxy) is 3. The van der Waals surface area contributed by atoms with Crippen LogP contribution in [0, 0.1) is 0 Å². The van der Waals surface area contributed by atoms with Gasteiger partial charge in [0.25, 0.3) is 5.56 Å². The summed E-state index contributed by atoms with van der Waals surface area (Å²) < 4.78 is 34.4. The van der Waals surface area contributed by atoms with Crippen molar-refractivity contribution in [3.63, 3.8) is 0 Å². The number of methoxy groups -OCH3 is 1. The summed E-state index contributed by atoms with van der Waals surface area (Å²) in [7, 11) is -1.52. The molecule has 24 heavy (non-hydrogen) atoms. The van der Waals surface area contributed by atoms with Crippen molar-refractivity contribution < 1.29 is 28.2 Å². The standard InChI is InChI=1S/C12H18N3O8P/c1-20-5-12-6-22-8(9(12)14-24(18,19)21-2)10(23-12)15-4-3-7(16)13-11(15)17/h3-4,8-10H,5-6H2,1-2H3,(H,13,16,17)(H2,14,18,19)/t8-,9+,10-,12+/m1/s1. The normalized spacial score (nSPS) is 34.4. The minimum absolute atomic E-state index is 0.0689. The second kappa shape index (κ2) is 6.19. The van der Waals surface area contributed by atoms with E-state index in [2.05, 4.69) is 14.6 Å². The van der Waals surface area contributed by atoms with E-state index in [1.54, 1.807) is 0 Å². The molecular formula is C12H18N3O8P. The zero-order valence-electron chi connectivity index (χ0n) is 13.0. The van der Waals surface area contributed by atoms with Gasteiger partial charge in [-0.15, -0.1) is 0 Å². The third-order valence-electron chi connectivity index (χ3n) is 4.12. The van der Waals surface area contributed by atoms with Crippen LogP contribution in [0.4, 0.5) is 0 Å². The van der Waals surface area contributed by atoms with E-state index in [-0.39, 0.29) is 13.2 Å². The van der Waals surface area contributed by atoms with Gasteiger partial charge in [0.1, 0.15) is 11.7 Å². The lowest BCUT2D eigenvalue weighted by Crippen LogP contribution is -2.50. The molecule has 1 aromatic heterocycles. The summed E-state index contributed by atoms with van der Waals surface area (Å²) in [6, 6.07) is 0.422. The van der Waals surface area contributed by atoms with Gasteiger partial charge in [-0.05, 0) is 0 Å². The van der Waals surface area contributed by atoms with E-state index >= 15 is 0 Å². The van der Waals surface area contributed by atoms with Crippen molar-refractivity contribution >= 4 is 7.75 Å². The molecule has 2 bridgehead atoms. The number of aromatic nitrogens is 2. The molecule has 0 amide bonds. The highest BCUT2D eigenvalue weighted by Gasteiger charge is 2.63. The van der Waals surface area contributed by atoms with E-state index in [4.69, 9.17) is 14.2 Å². The Labute approximate surface area is 136 Å². The Balaban J connectivity index is 1.97. The van der Waals surface area contributed by atoms with Crippen LogP contribution in [0.1, 0.15) is 6.23 Å². The second-order valence-corrected chi connectivity index (χ2v) is 7.27. The molecule has 0 aliphatic carbocycles. The molecule has 0 spiro atoms. The highest BCUT2D eigenvalue weighted by Crippen LogP contribution is 2.49. The van der Waals surface area contributed by atoms with Crippen molar-refractivity contribution in [1.29, 1.82) is 0 Å². The molecule has 0 saturated carbocycles. The van der Waals surface area contributed by atoms with Gasteiger partial charge >= 0.3 is 13.4 Å². The van der Waals surface area contributed by atoms with Crippen LogP contribution in [0.5, 0.6) is 0 Å². The molecule has 2 aliphatic heterocycles. The predicted octanol–water partition coefficient (Wildman–Crippen LogP) is -1.45. The van der Waals surface area contributed by atoms with Crippen LogP contribution in [-0.2, 0) is 23.3 Å². The van der Waals surface area contributed by atoms with Gasteiger partial charge in [-0.25, -0.2) is 14.4 Å². The minimum Gasteiger partial charge on any atom is -0.382 e. The van der Waals surface area contributed by atoms with Gasteiger partial charge < -0.3 is 23.6 Å². The van der Waals surface area contributed by atoms with Crippen LogP contribution in [0.25, 0.3) is 0 Å². The number of hydrogen-bond acceptors (Lipinski definition) is 7. The molecule has 0 aromatic carbocycles. The Kier molecular flexibility index (Phi) is 4.51. The third-order valence-corrected chi connectivity index (χ3v) is 5.22. The zero-order chi connectivity index (χ0) is 17.5. The third kappa shape index (κ3) is 2.88. The fourth-order valence-electron chi connectivity index (χ4n) is 3.06. The van der Waals surface area contributed by atoms with Gasteiger partial charge in [-0.3, -0.25) is 14.3 Å². The van der Waals surface area contributed by atoms with Crippen LogP contribution in [0.2, 0.25) is 0 Å². The quantitative estimate of drug-likeness (QED) is 0.518. The van der Waals surface area contributed by atoms with Gasteiger partial charge in [0, 0.05) is 26.5 Å². The van der Waals surface area contributed by atoms with Crippen molar-refractivity contribution in [3.05, 3.63) is 33.1 Å². The SMILES string of the molecule is COC[C@@]12CO[C@@H]([C@H](n3ccc(=O)[nH]c3=O)O1)[C@@H]2NP(=O)(O)OC. The summed E-state index contributed by atoms with van der Waals surface area (Å²) in [6.45, 7) is 0.182. The van der Waals surface area contributed by atoms with Crippen molar-refractivity contribution in [2.24, 2.45) is 0 Å². The zero-order valence-corrected chi connectivity index (χ0v) is 13.9. The molecule has 2 saturated heterocycles. The van der Waals surface area contributed by atoms with Crippen molar-refractivity contribution in [2.45, 2.75) is 24.0 Å². The molecule has 2 fully saturated rings. The number of rotatable bonds is 6. The molecule has 3 N–H and O–H groups in total. The van der Waals surface area contributed by atoms with Gasteiger partial charge in [0.2, 0.25) is 0 Å². The number of aromatic amines is 1. The Morgan fingerprint density at radius 3 is 2.92 bits per heavy atom. The predicted molar refractivity (Wildman–Crippen MR) is 79.5 cm³/mol. The topological polar surface area (TPSA) is 141 Å². The molecule has 3 rings (SSSR count). The first-order valence-corrected chi connectivity index (χ1v) is 8.66. The smallest absolute Gasteiger partial charge is 0.382 e. The molecule has 11 nitrogen and oxygen atoms in total. The number of fused-ring (bicyclic) bond motifs is 2. The average molecular weight is 363 g/mol. The molecule has 2 aliphatic rings. The van der Waals surface area contributed by atoms with Crippen molar-refractivity contribution in [1.82, 2.24) is 14.6 Å². The highest BCUT2D eigenvalue weighted by molar-refractivity contribution is 7.50. The van der Waals surface area contributed by atoms with Crippen LogP contribution < -0.4 is 16.3 Å². The summed E-state index contributed by atoms with van der Waals surface area (Å²) in [5, 5.41) is 2.49. The molecule has 1 aromatic rings. The van der Waals surface area contributed by atoms with Crippen LogP contribution in [0.3, 0.4) is 0 Å². The van der Waals surface area contributed by atoms with E-state index in [0.717, 1.165) is 11.7 Å². The van der Waals surface area contributed by atoms with E-state index in [1.165, 1.54) is 19.4 Å². The van der Waals surface area contributed by atoms with E-state index in [0.29, 0.717) is 0 Å². The number of nitrogens with one attached hydrogen (secondary N) is 2. The fourth-order valence-corrected chi connectivity index (χ4v) is 3.90. The maximum absolute atomic E-state index is 12.0. The summed E-state index contributed by atoms with van der Waals surface area (Å²) in [4.78, 5) is 35.1. The highest BCUT2D eigenvalue weighted by atomic mass is 31.2. The van der Waals surface area contributed by atoms with E-state index in [1.807, 2.05) is 0 Å². The van der Waals surface area contributed by atoms with Gasteiger partial charge in [-0.1, -0.05) is 0 Å². The fraction of sp³-hybridized carbons (Fsp3) is 0.667. The maximum Gasteiger partial charge on any atom is 0.403 e. The first-order chi connectivity index (χ1) is 11.3. The number of nitrogens with zero attached hydrogens (tertiary/aromatic N) is 1. The molecule has 3 heterocycles. The Hall–Kier alpha value is -1.33. The lowest BCUT2D eigenvalue weighted by molar-refractivity contribution is -0.188. The number of H-pyrrole nitrogens is 1. The Morgan fingerprint density at radius 1 is 1.54 bits per heavy atom. The van der Waals surface area contributed by atoms with Crippen LogP contribution >= 0.6 is 7.75 Å². The van der Waals surface area contributed by atoms with Gasteiger partial charge in [-0.2, -0.15) is 0 Å². The first-order valence-electron chi connectivity index (χ1n) is 7.08. The molecule has 12 heteroatoms. The lowest BCUT2D eigenvalue weighted by Gasteiger charge is -2.31. The maximum atomic E-state index is 12.0. The monoisotopic (exact) mass is 363 g/mol. The van der Waals surface area contributed by atoms with E-state index < -0.39 is 43.0 Å². The summed E-state index contributed by atoms with van der Waals surface area (Å²) in [5.41, 5.74) is -2.29. The number of hydrogen-bond donors (Lipinski definition) is 3. The van der Waals surface area contributed by atoms with Gasteiger partial charge in [0.15, 0.2) is 6.23 Å². The van der Waals surface area contributed by atoms with Crippen LogP contribution in [0.15, 0.2) is 21.9 Å². The molecule has 5 atom stereocenters. The Morgan fingerprint density at radius 2 is 2.29 bits per heavy atom. The summed E-state index contributed by atoms with van der Waals surface area (Å²) >= 11 is 0. The molecule has 1 unspecified atom stereocenters. The average Bonchev–Trinajstić information content (AvgIpc) is 2.98. The van der Waals surface area contributed by atoms with E-state index in [9.17, 15) is 19.0 Å². The largest absolute Gasteiger partial charge is 0.403 e. The van der Waals surface area contributed by atoms with Crippen molar-refractivity contribution in [2.75, 3.05) is 27.4 Å².